The van der Waals surface area contributed by atoms with Gasteiger partial charge < -0.3 is 25.0 Å². The van der Waals surface area contributed by atoms with Gasteiger partial charge in [-0.05, 0) is 51.5 Å². The number of thiazole rings is 2. The van der Waals surface area contributed by atoms with Gasteiger partial charge in [0.25, 0.3) is 0 Å². The third-order valence-corrected chi connectivity index (χ3v) is 8.12. The predicted molar refractivity (Wildman–Crippen MR) is 147 cm³/mol. The molecule has 4 heterocycles. The van der Waals surface area contributed by atoms with Crippen molar-refractivity contribution < 1.29 is 19.4 Å². The van der Waals surface area contributed by atoms with Gasteiger partial charge in [-0.15, -0.1) is 21.5 Å². The fourth-order valence-corrected chi connectivity index (χ4v) is 5.87. The van der Waals surface area contributed by atoms with Crippen molar-refractivity contribution in [3.63, 3.8) is 0 Å². The second-order valence-electron chi connectivity index (χ2n) is 10.0. The second-order valence-corrected chi connectivity index (χ2v) is 12.0. The number of hydrogen-bond donors (Lipinski definition) is 2. The summed E-state index contributed by atoms with van der Waals surface area (Å²) in [5.74, 6) is -0.117. The average molecular weight is 554 g/mol. The SMILES string of the molecule is Cc1cc(N(C)c2nc(C(=O)O)c(C3CN(C(=O)OC(C)(C)C)C3)s2)nnc1Nc1nc2ccccc2s1. The molecule has 1 aliphatic heterocycles. The Balaban J connectivity index is 1.31. The number of aromatic nitrogens is 4. The molecular weight excluding hydrogens is 526 g/mol. The van der Waals surface area contributed by atoms with E-state index in [0.29, 0.717) is 34.7 Å². The zero-order chi connectivity index (χ0) is 27.2. The van der Waals surface area contributed by atoms with Crippen molar-refractivity contribution in [1.82, 2.24) is 25.1 Å². The average Bonchev–Trinajstić information content (AvgIpc) is 3.42. The molecule has 0 bridgehead atoms. The van der Waals surface area contributed by atoms with E-state index in [0.717, 1.165) is 20.9 Å². The molecule has 0 atom stereocenters. The maximum atomic E-state index is 12.3. The van der Waals surface area contributed by atoms with Gasteiger partial charge in [0.15, 0.2) is 27.6 Å². The molecule has 0 unspecified atom stereocenters. The zero-order valence-corrected chi connectivity index (χ0v) is 23.2. The summed E-state index contributed by atoms with van der Waals surface area (Å²) in [5.41, 5.74) is 1.16. The van der Waals surface area contributed by atoms with E-state index < -0.39 is 17.7 Å². The molecule has 1 aromatic carbocycles. The molecule has 0 radical (unpaired) electrons. The number of nitrogens with one attached hydrogen (secondary N) is 1. The summed E-state index contributed by atoms with van der Waals surface area (Å²) >= 11 is 2.81. The largest absolute Gasteiger partial charge is 0.476 e. The summed E-state index contributed by atoms with van der Waals surface area (Å²) in [6.45, 7) is 8.10. The standard InChI is InChI=1S/C25H27N7O4S2/c1-13-10-17(29-30-20(13)28-22-26-15-8-6-7-9-16(15)37-22)31(5)23-27-18(21(33)34)19(38-23)14-11-32(12-14)24(35)36-25(2,3)4/h6-10,14H,11-12H2,1-5H3,(H,33,34)(H,26,28,30). The van der Waals surface area contributed by atoms with Crippen LogP contribution in [0.5, 0.6) is 0 Å². The molecule has 11 nitrogen and oxygen atoms in total. The van der Waals surface area contributed by atoms with Crippen LogP contribution < -0.4 is 10.2 Å². The molecule has 0 saturated carbocycles. The van der Waals surface area contributed by atoms with Gasteiger partial charge in [0, 0.05) is 30.9 Å². The van der Waals surface area contributed by atoms with Crippen LogP contribution in [0.3, 0.4) is 0 Å². The van der Waals surface area contributed by atoms with Crippen LogP contribution in [0.1, 0.15) is 47.6 Å². The van der Waals surface area contributed by atoms with Gasteiger partial charge in [0.2, 0.25) is 0 Å². The van der Waals surface area contributed by atoms with Crippen LogP contribution in [0.4, 0.5) is 26.7 Å². The number of nitrogens with zero attached hydrogens (tertiary/aromatic N) is 6. The van der Waals surface area contributed by atoms with Crippen molar-refractivity contribution >= 4 is 66.9 Å². The van der Waals surface area contributed by atoms with E-state index in [1.807, 2.05) is 58.0 Å². The van der Waals surface area contributed by atoms with E-state index in [2.05, 4.69) is 25.5 Å². The Bertz CT molecular complexity index is 1490. The first-order valence-electron chi connectivity index (χ1n) is 11.9. The minimum Gasteiger partial charge on any atom is -0.476 e. The van der Waals surface area contributed by atoms with Gasteiger partial charge in [0.1, 0.15) is 5.60 Å². The normalized spacial score (nSPS) is 13.9. The van der Waals surface area contributed by atoms with Crippen molar-refractivity contribution in [2.45, 2.75) is 39.2 Å². The molecule has 1 amide bonds. The predicted octanol–water partition coefficient (Wildman–Crippen LogP) is 5.40. The number of para-hydroxylation sites is 1. The Morgan fingerprint density at radius 3 is 2.55 bits per heavy atom. The number of aromatic carboxylic acids is 1. The highest BCUT2D eigenvalue weighted by Gasteiger charge is 2.38. The monoisotopic (exact) mass is 553 g/mol. The lowest BCUT2D eigenvalue weighted by Gasteiger charge is -2.39. The number of rotatable bonds is 6. The highest BCUT2D eigenvalue weighted by atomic mass is 32.1. The molecule has 1 fully saturated rings. The number of fused-ring (bicyclic) bond motifs is 1. The van der Waals surface area contributed by atoms with Gasteiger partial charge >= 0.3 is 12.1 Å². The van der Waals surface area contributed by atoms with Crippen LogP contribution in [0.2, 0.25) is 0 Å². The number of anilines is 4. The number of benzene rings is 1. The molecule has 38 heavy (non-hydrogen) atoms. The van der Waals surface area contributed by atoms with Crippen LogP contribution in [0.25, 0.3) is 10.2 Å². The van der Waals surface area contributed by atoms with Gasteiger partial charge in [-0.25, -0.2) is 19.6 Å². The Labute approximate surface area is 227 Å². The first-order valence-corrected chi connectivity index (χ1v) is 13.5. The van der Waals surface area contributed by atoms with Crippen molar-refractivity contribution in [2.75, 3.05) is 30.4 Å². The number of hydrogen-bond acceptors (Lipinski definition) is 11. The summed E-state index contributed by atoms with van der Waals surface area (Å²) < 4.78 is 6.48. The summed E-state index contributed by atoms with van der Waals surface area (Å²) in [5, 5.41) is 22.9. The van der Waals surface area contributed by atoms with E-state index in [1.54, 1.807) is 16.8 Å². The molecule has 1 saturated heterocycles. The highest BCUT2D eigenvalue weighted by Crippen LogP contribution is 2.39. The van der Waals surface area contributed by atoms with Crippen LogP contribution in [0.15, 0.2) is 30.3 Å². The van der Waals surface area contributed by atoms with Crippen molar-refractivity contribution in [3.8, 4) is 0 Å². The van der Waals surface area contributed by atoms with Crippen molar-refractivity contribution in [1.29, 1.82) is 0 Å². The Morgan fingerprint density at radius 2 is 1.89 bits per heavy atom. The summed E-state index contributed by atoms with van der Waals surface area (Å²) in [6.07, 6.45) is -0.405. The minimum atomic E-state index is -1.11. The fourth-order valence-electron chi connectivity index (χ4n) is 3.90. The number of carbonyl (C=O) groups excluding carboxylic acids is 1. The zero-order valence-electron chi connectivity index (χ0n) is 21.6. The third-order valence-electron chi connectivity index (χ3n) is 5.87. The molecule has 0 aliphatic carbocycles. The first kappa shape index (κ1) is 25.8. The molecule has 13 heteroatoms. The van der Waals surface area contributed by atoms with Gasteiger partial charge in [-0.2, -0.15) is 0 Å². The number of carbonyl (C=O) groups is 2. The Morgan fingerprint density at radius 1 is 1.16 bits per heavy atom. The molecule has 3 aromatic heterocycles. The van der Waals surface area contributed by atoms with Crippen LogP contribution >= 0.6 is 22.7 Å². The quantitative estimate of drug-likeness (QED) is 0.320. The molecule has 5 rings (SSSR count). The van der Waals surface area contributed by atoms with Crippen molar-refractivity contribution in [3.05, 3.63) is 46.5 Å². The van der Waals surface area contributed by atoms with E-state index in [-0.39, 0.29) is 11.6 Å². The van der Waals surface area contributed by atoms with E-state index in [4.69, 9.17) is 4.74 Å². The number of carboxylic acids is 1. The lowest BCUT2D eigenvalue weighted by Crippen LogP contribution is -2.50. The van der Waals surface area contributed by atoms with Crippen LogP contribution in [-0.2, 0) is 4.74 Å². The van der Waals surface area contributed by atoms with Gasteiger partial charge in [0.05, 0.1) is 10.2 Å². The van der Waals surface area contributed by atoms with E-state index >= 15 is 0 Å². The van der Waals surface area contributed by atoms with Crippen molar-refractivity contribution in [2.24, 2.45) is 0 Å². The molecule has 1 aliphatic rings. The number of carboxylic acid groups (broad SMARTS) is 1. The highest BCUT2D eigenvalue weighted by molar-refractivity contribution is 7.22. The third kappa shape index (κ3) is 5.24. The van der Waals surface area contributed by atoms with Crippen LogP contribution in [-0.4, -0.2) is 68.0 Å². The van der Waals surface area contributed by atoms with Crippen LogP contribution in [0, 0.1) is 6.92 Å². The van der Waals surface area contributed by atoms with Gasteiger partial charge in [-0.1, -0.05) is 23.5 Å². The molecule has 2 N–H and O–H groups in total. The lowest BCUT2D eigenvalue weighted by molar-refractivity contribution is 0.00840. The number of likely N-dealkylation sites (tertiary alicyclic amines) is 1. The number of ether oxygens (including phenoxy) is 1. The maximum Gasteiger partial charge on any atom is 0.410 e. The fraction of sp³-hybridized carbons (Fsp3) is 0.360. The van der Waals surface area contributed by atoms with E-state index in [9.17, 15) is 14.7 Å². The molecule has 198 valence electrons. The summed E-state index contributed by atoms with van der Waals surface area (Å²) in [4.78, 5) is 37.1. The number of aryl methyl sites for hydroxylation is 1. The summed E-state index contributed by atoms with van der Waals surface area (Å²) in [6, 6.07) is 9.75. The lowest BCUT2D eigenvalue weighted by atomic mass is 9.97. The smallest absolute Gasteiger partial charge is 0.410 e. The molecule has 0 spiro atoms. The topological polar surface area (TPSA) is 134 Å². The maximum absolute atomic E-state index is 12.3. The Hall–Kier alpha value is -3.84. The minimum absolute atomic E-state index is 0.00973. The summed E-state index contributed by atoms with van der Waals surface area (Å²) in [7, 11) is 1.77. The molecule has 4 aromatic rings. The Kier molecular flexibility index (Phi) is 6.65. The second kappa shape index (κ2) is 9.80. The van der Waals surface area contributed by atoms with E-state index in [1.165, 1.54) is 22.7 Å². The first-order chi connectivity index (χ1) is 18.0. The number of amides is 1. The van der Waals surface area contributed by atoms with Gasteiger partial charge in [-0.3, -0.25) is 0 Å². The molecular formula is C25H27N7O4S2.